The molecule has 17 heavy (non-hydrogen) atoms. The minimum Gasteiger partial charge on any atom is -0.392 e. The number of aromatic nitrogens is 2. The Kier molecular flexibility index (Phi) is 3.19. The number of aliphatic hydroxyl groups is 3. The molecule has 3 N–H and O–H groups in total. The summed E-state index contributed by atoms with van der Waals surface area (Å²) >= 11 is 0. The fourth-order valence-electron chi connectivity index (χ4n) is 1.80. The first-order chi connectivity index (χ1) is 8.19. The van der Waals surface area contributed by atoms with Crippen LogP contribution >= 0.6 is 0 Å². The van der Waals surface area contributed by atoms with Gasteiger partial charge in [0.15, 0.2) is 11.7 Å². The zero-order valence-electron chi connectivity index (χ0n) is 8.95. The molecule has 90 valence electrons. The van der Waals surface area contributed by atoms with E-state index in [-0.39, 0.29) is 11.1 Å². The van der Waals surface area contributed by atoms with E-state index in [0.29, 0.717) is 10.9 Å². The number of aliphatic hydroxyl groups excluding tert-OH is 3. The van der Waals surface area contributed by atoms with Crippen LogP contribution in [0, 0.1) is 0 Å². The largest absolute Gasteiger partial charge is 0.392 e. The molecular weight excluding hydrogens is 224 g/mol. The maximum absolute atomic E-state index is 11.7. The molecule has 6 nitrogen and oxygen atoms in total. The lowest BCUT2D eigenvalue weighted by atomic mass is 10.2. The van der Waals surface area contributed by atoms with Gasteiger partial charge in [-0.25, -0.2) is 0 Å². The van der Waals surface area contributed by atoms with Crippen LogP contribution in [0.2, 0.25) is 0 Å². The normalized spacial score (nSPS) is 12.9. The van der Waals surface area contributed by atoms with Gasteiger partial charge in [0, 0.05) is 18.5 Å². The Hall–Kier alpha value is -1.76. The van der Waals surface area contributed by atoms with Crippen molar-refractivity contribution in [2.75, 3.05) is 6.61 Å². The second kappa shape index (κ2) is 4.62. The molecule has 0 aliphatic heterocycles. The standard InChI is InChI=1S/C11H12N2O4/c14-5-7-3-10(16)8-4-12-2-1-9(8)13(7)11(17)6-15/h1-4,11,14-15,17H,5-6H2. The minimum atomic E-state index is -1.21. The van der Waals surface area contributed by atoms with E-state index in [4.69, 9.17) is 5.11 Å². The van der Waals surface area contributed by atoms with Gasteiger partial charge in [-0.3, -0.25) is 9.78 Å². The Morgan fingerprint density at radius 3 is 2.82 bits per heavy atom. The van der Waals surface area contributed by atoms with Crippen molar-refractivity contribution in [3.63, 3.8) is 0 Å². The van der Waals surface area contributed by atoms with Crippen LogP contribution in [0.4, 0.5) is 0 Å². The summed E-state index contributed by atoms with van der Waals surface area (Å²) in [5.74, 6) is 0. The van der Waals surface area contributed by atoms with E-state index in [1.807, 2.05) is 0 Å². The zero-order chi connectivity index (χ0) is 12.4. The summed E-state index contributed by atoms with van der Waals surface area (Å²) in [6.07, 6.45) is 1.66. The maximum atomic E-state index is 11.7. The summed E-state index contributed by atoms with van der Waals surface area (Å²) in [5, 5.41) is 28.2. The molecule has 0 saturated heterocycles. The van der Waals surface area contributed by atoms with Crippen LogP contribution in [0.1, 0.15) is 11.9 Å². The Bertz CT molecular complexity index is 594. The molecule has 6 heteroatoms. The molecule has 2 heterocycles. The summed E-state index contributed by atoms with van der Waals surface area (Å²) in [5.41, 5.74) is 0.395. The van der Waals surface area contributed by atoms with E-state index >= 15 is 0 Å². The van der Waals surface area contributed by atoms with Gasteiger partial charge in [-0.2, -0.15) is 0 Å². The SMILES string of the molecule is O=c1cc(CO)n(C(O)CO)c2ccncc12. The van der Waals surface area contributed by atoms with Crippen molar-refractivity contribution >= 4 is 10.9 Å². The van der Waals surface area contributed by atoms with Crippen LogP contribution in [0.3, 0.4) is 0 Å². The summed E-state index contributed by atoms with van der Waals surface area (Å²) in [6, 6.07) is 2.78. The van der Waals surface area contributed by atoms with Gasteiger partial charge in [-0.1, -0.05) is 0 Å². The highest BCUT2D eigenvalue weighted by molar-refractivity contribution is 5.78. The third-order valence-corrected chi connectivity index (χ3v) is 2.55. The molecular formula is C11H12N2O4. The van der Waals surface area contributed by atoms with Crippen molar-refractivity contribution in [1.29, 1.82) is 0 Å². The van der Waals surface area contributed by atoms with Crippen LogP contribution in [0.15, 0.2) is 29.3 Å². The molecule has 0 aliphatic rings. The molecule has 0 bridgehead atoms. The molecule has 0 aromatic carbocycles. The quantitative estimate of drug-likeness (QED) is 0.659. The molecule has 0 saturated carbocycles. The van der Waals surface area contributed by atoms with E-state index in [0.717, 1.165) is 0 Å². The van der Waals surface area contributed by atoms with Gasteiger partial charge >= 0.3 is 0 Å². The highest BCUT2D eigenvalue weighted by atomic mass is 16.3. The fourth-order valence-corrected chi connectivity index (χ4v) is 1.80. The second-order valence-electron chi connectivity index (χ2n) is 3.58. The van der Waals surface area contributed by atoms with Crippen molar-refractivity contribution < 1.29 is 15.3 Å². The highest BCUT2D eigenvalue weighted by Gasteiger charge is 2.14. The minimum absolute atomic E-state index is 0.246. The number of nitrogens with zero attached hydrogens (tertiary/aromatic N) is 2. The van der Waals surface area contributed by atoms with Crippen LogP contribution in [-0.2, 0) is 6.61 Å². The van der Waals surface area contributed by atoms with Gasteiger partial charge in [0.2, 0.25) is 0 Å². The van der Waals surface area contributed by atoms with Crippen molar-refractivity contribution in [2.24, 2.45) is 0 Å². The van der Waals surface area contributed by atoms with E-state index in [1.165, 1.54) is 23.0 Å². The first kappa shape index (κ1) is 11.7. The second-order valence-corrected chi connectivity index (χ2v) is 3.58. The van der Waals surface area contributed by atoms with Gasteiger partial charge in [0.05, 0.1) is 29.8 Å². The Morgan fingerprint density at radius 2 is 2.18 bits per heavy atom. The van der Waals surface area contributed by atoms with E-state index in [1.54, 1.807) is 6.07 Å². The van der Waals surface area contributed by atoms with E-state index in [9.17, 15) is 15.0 Å². The smallest absolute Gasteiger partial charge is 0.191 e. The summed E-state index contributed by atoms with van der Waals surface area (Å²) in [6.45, 7) is -0.905. The molecule has 1 atom stereocenters. The molecule has 2 rings (SSSR count). The van der Waals surface area contributed by atoms with E-state index < -0.39 is 19.4 Å². The first-order valence-electron chi connectivity index (χ1n) is 5.07. The predicted molar refractivity (Wildman–Crippen MR) is 60.3 cm³/mol. The van der Waals surface area contributed by atoms with Crippen LogP contribution < -0.4 is 5.43 Å². The molecule has 0 fully saturated rings. The highest BCUT2D eigenvalue weighted by Crippen LogP contribution is 2.16. The number of rotatable bonds is 3. The Balaban J connectivity index is 2.86. The van der Waals surface area contributed by atoms with Crippen molar-refractivity contribution in [3.8, 4) is 0 Å². The summed E-state index contributed by atoms with van der Waals surface area (Å²) < 4.78 is 1.32. The molecule has 2 aromatic rings. The Labute approximate surface area is 96.4 Å². The lowest BCUT2D eigenvalue weighted by molar-refractivity contribution is 0.0374. The van der Waals surface area contributed by atoms with Gasteiger partial charge in [-0.15, -0.1) is 0 Å². The van der Waals surface area contributed by atoms with Crippen LogP contribution in [0.5, 0.6) is 0 Å². The average Bonchev–Trinajstić information content (AvgIpc) is 2.37. The van der Waals surface area contributed by atoms with Crippen molar-refractivity contribution in [3.05, 3.63) is 40.4 Å². The van der Waals surface area contributed by atoms with Crippen molar-refractivity contribution in [1.82, 2.24) is 9.55 Å². The fraction of sp³-hybridized carbons (Fsp3) is 0.273. The molecule has 0 spiro atoms. The van der Waals surface area contributed by atoms with Crippen LogP contribution in [-0.4, -0.2) is 31.5 Å². The summed E-state index contributed by atoms with van der Waals surface area (Å²) in [4.78, 5) is 15.5. The first-order valence-corrected chi connectivity index (χ1v) is 5.07. The number of hydrogen-bond donors (Lipinski definition) is 3. The summed E-state index contributed by atoms with van der Waals surface area (Å²) in [7, 11) is 0. The lowest BCUT2D eigenvalue weighted by Gasteiger charge is -2.19. The van der Waals surface area contributed by atoms with Gasteiger partial charge < -0.3 is 19.9 Å². The lowest BCUT2D eigenvalue weighted by Crippen LogP contribution is -2.21. The molecule has 0 radical (unpaired) electrons. The number of fused-ring (bicyclic) bond motifs is 1. The zero-order valence-corrected chi connectivity index (χ0v) is 8.95. The molecule has 1 unspecified atom stereocenters. The average molecular weight is 236 g/mol. The third kappa shape index (κ3) is 1.93. The monoisotopic (exact) mass is 236 g/mol. The number of hydrogen-bond acceptors (Lipinski definition) is 5. The Morgan fingerprint density at radius 1 is 1.41 bits per heavy atom. The van der Waals surface area contributed by atoms with Gasteiger partial charge in [0.25, 0.3) is 0 Å². The predicted octanol–water partition coefficient (Wildman–Crippen LogP) is -0.628. The van der Waals surface area contributed by atoms with Gasteiger partial charge in [0.1, 0.15) is 0 Å². The van der Waals surface area contributed by atoms with Gasteiger partial charge in [-0.05, 0) is 6.07 Å². The molecule has 0 aliphatic carbocycles. The molecule has 2 aromatic heterocycles. The van der Waals surface area contributed by atoms with E-state index in [2.05, 4.69) is 4.98 Å². The topological polar surface area (TPSA) is 95.6 Å². The number of pyridine rings is 2. The maximum Gasteiger partial charge on any atom is 0.191 e. The third-order valence-electron chi connectivity index (χ3n) is 2.55. The van der Waals surface area contributed by atoms with Crippen molar-refractivity contribution in [2.45, 2.75) is 12.8 Å². The molecule has 0 amide bonds. The van der Waals surface area contributed by atoms with Crippen LogP contribution in [0.25, 0.3) is 10.9 Å².